The summed E-state index contributed by atoms with van der Waals surface area (Å²) in [5.41, 5.74) is 2.27. The van der Waals surface area contributed by atoms with E-state index in [9.17, 15) is 0 Å². The lowest BCUT2D eigenvalue weighted by molar-refractivity contribution is 0.377. The van der Waals surface area contributed by atoms with Crippen LogP contribution in [0.25, 0.3) is 0 Å². The van der Waals surface area contributed by atoms with E-state index in [1.165, 1.54) is 5.69 Å². The third-order valence-corrected chi connectivity index (χ3v) is 3.47. The number of aryl methyl sites for hydroxylation is 2. The van der Waals surface area contributed by atoms with Gasteiger partial charge in [-0.1, -0.05) is 18.5 Å². The summed E-state index contributed by atoms with van der Waals surface area (Å²) in [6.07, 6.45) is 0.969. The molecule has 0 saturated heterocycles. The van der Waals surface area contributed by atoms with Gasteiger partial charge in [0.15, 0.2) is 0 Å². The normalized spacial score (nSPS) is 13.9. The van der Waals surface area contributed by atoms with Gasteiger partial charge < -0.3 is 5.32 Å². The van der Waals surface area contributed by atoms with Crippen molar-refractivity contribution in [2.45, 2.75) is 60.0 Å². The summed E-state index contributed by atoms with van der Waals surface area (Å²) in [6, 6.07) is 0. The summed E-state index contributed by atoms with van der Waals surface area (Å²) in [5.74, 6) is 0.545. The number of nitrogens with zero attached hydrogens (tertiary/aromatic N) is 2. The van der Waals surface area contributed by atoms with Gasteiger partial charge in [0.25, 0.3) is 0 Å². The van der Waals surface area contributed by atoms with Crippen LogP contribution in [0.4, 0.5) is 0 Å². The SMILES string of the molecule is CCn1nc(C)c(Cl)c1CC(C)CNC(C)(C)C. The Bertz CT molecular complexity index is 390. The maximum atomic E-state index is 6.32. The zero-order chi connectivity index (χ0) is 13.9. The van der Waals surface area contributed by atoms with Crippen LogP contribution in [0, 0.1) is 12.8 Å². The smallest absolute Gasteiger partial charge is 0.0847 e. The largest absolute Gasteiger partial charge is 0.312 e. The van der Waals surface area contributed by atoms with E-state index >= 15 is 0 Å². The summed E-state index contributed by atoms with van der Waals surface area (Å²) in [6.45, 7) is 14.8. The minimum absolute atomic E-state index is 0.166. The number of aromatic nitrogens is 2. The first kappa shape index (κ1) is 15.5. The number of rotatable bonds is 5. The van der Waals surface area contributed by atoms with Crippen molar-refractivity contribution in [2.24, 2.45) is 5.92 Å². The molecule has 0 aliphatic rings. The molecule has 1 unspecified atom stereocenters. The molecule has 0 aliphatic heterocycles. The van der Waals surface area contributed by atoms with E-state index in [1.807, 2.05) is 11.6 Å². The second-order valence-corrected chi connectivity index (χ2v) is 6.48. The zero-order valence-electron chi connectivity index (χ0n) is 12.5. The molecule has 0 spiro atoms. The summed E-state index contributed by atoms with van der Waals surface area (Å²) in [4.78, 5) is 0. The van der Waals surface area contributed by atoms with Gasteiger partial charge in [0.1, 0.15) is 0 Å². The summed E-state index contributed by atoms with van der Waals surface area (Å²) >= 11 is 6.32. The first-order valence-corrected chi connectivity index (χ1v) is 7.09. The first-order chi connectivity index (χ1) is 8.24. The Labute approximate surface area is 116 Å². The van der Waals surface area contributed by atoms with Crippen molar-refractivity contribution < 1.29 is 0 Å². The van der Waals surface area contributed by atoms with E-state index < -0.39 is 0 Å². The average Bonchev–Trinajstić information content (AvgIpc) is 2.53. The third-order valence-electron chi connectivity index (χ3n) is 2.98. The van der Waals surface area contributed by atoms with Gasteiger partial charge in [0, 0.05) is 12.1 Å². The van der Waals surface area contributed by atoms with Gasteiger partial charge in [-0.15, -0.1) is 0 Å². The van der Waals surface area contributed by atoms with E-state index in [4.69, 9.17) is 11.6 Å². The van der Waals surface area contributed by atoms with Crippen LogP contribution in [0.3, 0.4) is 0 Å². The van der Waals surface area contributed by atoms with Gasteiger partial charge in [-0.05, 0) is 53.5 Å². The molecule has 1 atom stereocenters. The van der Waals surface area contributed by atoms with Crippen molar-refractivity contribution in [3.63, 3.8) is 0 Å². The maximum absolute atomic E-state index is 6.32. The van der Waals surface area contributed by atoms with Gasteiger partial charge in [0.2, 0.25) is 0 Å². The lowest BCUT2D eigenvalue weighted by atomic mass is 10.0. The predicted octanol–water partition coefficient (Wildman–Crippen LogP) is 3.43. The van der Waals surface area contributed by atoms with Crippen LogP contribution >= 0.6 is 11.6 Å². The number of hydrogen-bond donors (Lipinski definition) is 1. The fraction of sp³-hybridized carbons (Fsp3) is 0.786. The van der Waals surface area contributed by atoms with Crippen molar-refractivity contribution in [3.8, 4) is 0 Å². The molecule has 3 nitrogen and oxygen atoms in total. The quantitative estimate of drug-likeness (QED) is 0.889. The van der Waals surface area contributed by atoms with Gasteiger partial charge >= 0.3 is 0 Å². The third kappa shape index (κ3) is 4.29. The van der Waals surface area contributed by atoms with Crippen LogP contribution in [0.5, 0.6) is 0 Å². The van der Waals surface area contributed by atoms with Crippen LogP contribution in [0.15, 0.2) is 0 Å². The maximum Gasteiger partial charge on any atom is 0.0847 e. The van der Waals surface area contributed by atoms with Gasteiger partial charge in [-0.3, -0.25) is 4.68 Å². The number of hydrogen-bond acceptors (Lipinski definition) is 2. The molecular formula is C14H26ClN3. The van der Waals surface area contributed by atoms with E-state index in [2.05, 4.69) is 45.0 Å². The Morgan fingerprint density at radius 2 is 2.00 bits per heavy atom. The van der Waals surface area contributed by atoms with E-state index in [0.717, 1.165) is 30.2 Å². The monoisotopic (exact) mass is 271 g/mol. The molecule has 104 valence electrons. The molecule has 0 amide bonds. The number of nitrogens with one attached hydrogen (secondary N) is 1. The molecule has 1 rings (SSSR count). The van der Waals surface area contributed by atoms with Crippen LogP contribution in [0.2, 0.25) is 5.02 Å². The average molecular weight is 272 g/mol. The summed E-state index contributed by atoms with van der Waals surface area (Å²) in [5, 5.41) is 8.82. The van der Waals surface area contributed by atoms with E-state index in [-0.39, 0.29) is 5.54 Å². The summed E-state index contributed by atoms with van der Waals surface area (Å²) < 4.78 is 2.02. The Morgan fingerprint density at radius 3 is 2.50 bits per heavy atom. The van der Waals surface area contributed by atoms with Crippen LogP contribution in [0.1, 0.15) is 46.0 Å². The highest BCUT2D eigenvalue weighted by Crippen LogP contribution is 2.23. The second kappa shape index (κ2) is 6.07. The lowest BCUT2D eigenvalue weighted by Crippen LogP contribution is -2.39. The Morgan fingerprint density at radius 1 is 1.39 bits per heavy atom. The molecule has 0 bridgehead atoms. The van der Waals surface area contributed by atoms with Crippen molar-refractivity contribution in [1.29, 1.82) is 0 Å². The minimum Gasteiger partial charge on any atom is -0.312 e. The number of halogens is 1. The molecule has 18 heavy (non-hydrogen) atoms. The first-order valence-electron chi connectivity index (χ1n) is 6.71. The molecule has 0 radical (unpaired) electrons. The lowest BCUT2D eigenvalue weighted by Gasteiger charge is -2.23. The standard InChI is InChI=1S/C14H26ClN3/c1-7-18-12(13(15)11(3)17-18)8-10(2)9-16-14(4,5)6/h10,16H,7-9H2,1-6H3. The highest BCUT2D eigenvalue weighted by molar-refractivity contribution is 6.31. The zero-order valence-corrected chi connectivity index (χ0v) is 13.2. The Hall–Kier alpha value is -0.540. The van der Waals surface area contributed by atoms with Crippen LogP contribution in [-0.4, -0.2) is 21.9 Å². The molecule has 0 aromatic carbocycles. The van der Waals surface area contributed by atoms with Crippen LogP contribution < -0.4 is 5.32 Å². The fourth-order valence-corrected chi connectivity index (χ4v) is 2.16. The molecule has 0 aliphatic carbocycles. The van der Waals surface area contributed by atoms with Gasteiger partial charge in [-0.25, -0.2) is 0 Å². The highest BCUT2D eigenvalue weighted by atomic mass is 35.5. The molecule has 1 N–H and O–H groups in total. The van der Waals surface area contributed by atoms with Crippen molar-refractivity contribution in [2.75, 3.05) is 6.54 Å². The van der Waals surface area contributed by atoms with E-state index in [1.54, 1.807) is 0 Å². The predicted molar refractivity (Wildman–Crippen MR) is 78.3 cm³/mol. The molecule has 4 heteroatoms. The fourth-order valence-electron chi connectivity index (χ4n) is 1.95. The van der Waals surface area contributed by atoms with Crippen LogP contribution in [-0.2, 0) is 13.0 Å². The van der Waals surface area contributed by atoms with Crippen molar-refractivity contribution in [3.05, 3.63) is 16.4 Å². The molecule has 1 aromatic heterocycles. The molecule has 0 saturated carbocycles. The Balaban J connectivity index is 2.67. The minimum atomic E-state index is 0.166. The van der Waals surface area contributed by atoms with Crippen molar-refractivity contribution >= 4 is 11.6 Å². The topological polar surface area (TPSA) is 29.9 Å². The summed E-state index contributed by atoms with van der Waals surface area (Å²) in [7, 11) is 0. The molecule has 1 aromatic rings. The van der Waals surface area contributed by atoms with Gasteiger partial charge in [0.05, 0.1) is 16.4 Å². The van der Waals surface area contributed by atoms with Crippen molar-refractivity contribution in [1.82, 2.24) is 15.1 Å². The molecular weight excluding hydrogens is 246 g/mol. The highest BCUT2D eigenvalue weighted by Gasteiger charge is 2.17. The molecule has 0 fully saturated rings. The van der Waals surface area contributed by atoms with E-state index in [0.29, 0.717) is 5.92 Å². The molecule has 1 heterocycles. The van der Waals surface area contributed by atoms with Gasteiger partial charge in [-0.2, -0.15) is 5.10 Å². The Kier molecular flexibility index (Phi) is 5.23. The second-order valence-electron chi connectivity index (χ2n) is 6.10.